The second-order valence-electron chi connectivity index (χ2n) is 5.29. The zero-order chi connectivity index (χ0) is 12.4. The summed E-state index contributed by atoms with van der Waals surface area (Å²) in [6.07, 6.45) is 3.96. The van der Waals surface area contributed by atoms with Gasteiger partial charge in [-0.15, -0.1) is 11.8 Å². The monoisotopic (exact) mass is 263 g/mol. The molecule has 0 bridgehead atoms. The molecule has 1 fully saturated rings. The molecular formula is C15H21NOS. The molecule has 2 aliphatic rings. The first-order valence-electron chi connectivity index (χ1n) is 6.85. The van der Waals surface area contributed by atoms with Crippen LogP contribution in [0.3, 0.4) is 0 Å². The fourth-order valence-corrected chi connectivity index (χ4v) is 3.90. The Hall–Kier alpha value is -0.510. The van der Waals surface area contributed by atoms with Crippen molar-refractivity contribution >= 4 is 11.8 Å². The number of rotatable bonds is 5. The van der Waals surface area contributed by atoms with Gasteiger partial charge in [-0.3, -0.25) is 0 Å². The second-order valence-corrected chi connectivity index (χ2v) is 6.43. The largest absolute Gasteiger partial charge is 0.383 e. The van der Waals surface area contributed by atoms with Gasteiger partial charge in [0.25, 0.3) is 0 Å². The van der Waals surface area contributed by atoms with Crippen LogP contribution in [0.25, 0.3) is 0 Å². The fourth-order valence-electron chi connectivity index (χ4n) is 2.77. The third kappa shape index (κ3) is 2.73. The smallest absolute Gasteiger partial charge is 0.0618 e. The van der Waals surface area contributed by atoms with Crippen LogP contribution >= 0.6 is 11.8 Å². The Labute approximate surface area is 113 Å². The lowest BCUT2D eigenvalue weighted by Gasteiger charge is -2.30. The van der Waals surface area contributed by atoms with Crippen LogP contribution in [-0.4, -0.2) is 25.5 Å². The van der Waals surface area contributed by atoms with Crippen molar-refractivity contribution in [3.05, 3.63) is 29.8 Å². The summed E-state index contributed by atoms with van der Waals surface area (Å²) in [5, 5.41) is 3.84. The molecule has 0 saturated heterocycles. The van der Waals surface area contributed by atoms with Crippen LogP contribution in [0.1, 0.15) is 30.9 Å². The SMILES string of the molecule is COCC(NC1CCSc2ccccc21)C1CC1. The van der Waals surface area contributed by atoms with Gasteiger partial charge in [0.15, 0.2) is 0 Å². The summed E-state index contributed by atoms with van der Waals surface area (Å²) in [6, 6.07) is 9.87. The van der Waals surface area contributed by atoms with Gasteiger partial charge in [-0.1, -0.05) is 18.2 Å². The van der Waals surface area contributed by atoms with E-state index in [9.17, 15) is 0 Å². The minimum atomic E-state index is 0.517. The van der Waals surface area contributed by atoms with Crippen molar-refractivity contribution in [1.82, 2.24) is 5.32 Å². The first-order chi connectivity index (χ1) is 8.88. The molecule has 1 aromatic rings. The maximum Gasteiger partial charge on any atom is 0.0618 e. The summed E-state index contributed by atoms with van der Waals surface area (Å²) in [7, 11) is 1.81. The molecule has 3 heteroatoms. The van der Waals surface area contributed by atoms with E-state index < -0.39 is 0 Å². The van der Waals surface area contributed by atoms with Gasteiger partial charge in [0.05, 0.1) is 6.61 Å². The van der Waals surface area contributed by atoms with Gasteiger partial charge in [0.2, 0.25) is 0 Å². The topological polar surface area (TPSA) is 21.3 Å². The summed E-state index contributed by atoms with van der Waals surface area (Å²) in [5.41, 5.74) is 1.48. The van der Waals surface area contributed by atoms with E-state index >= 15 is 0 Å². The van der Waals surface area contributed by atoms with Crippen molar-refractivity contribution in [2.45, 2.75) is 36.2 Å². The molecule has 1 aliphatic carbocycles. The summed E-state index contributed by atoms with van der Waals surface area (Å²) in [6.45, 7) is 0.844. The Morgan fingerprint density at radius 2 is 2.17 bits per heavy atom. The molecule has 2 nitrogen and oxygen atoms in total. The Morgan fingerprint density at radius 1 is 1.33 bits per heavy atom. The second kappa shape index (κ2) is 5.64. The third-order valence-electron chi connectivity index (χ3n) is 3.91. The van der Waals surface area contributed by atoms with E-state index in [1.807, 2.05) is 18.9 Å². The predicted molar refractivity (Wildman–Crippen MR) is 76.0 cm³/mol. The van der Waals surface area contributed by atoms with Gasteiger partial charge < -0.3 is 10.1 Å². The number of nitrogens with one attached hydrogen (secondary N) is 1. The van der Waals surface area contributed by atoms with E-state index in [0.29, 0.717) is 12.1 Å². The van der Waals surface area contributed by atoms with Crippen LogP contribution in [0.15, 0.2) is 29.2 Å². The Morgan fingerprint density at radius 3 is 2.94 bits per heavy atom. The lowest BCUT2D eigenvalue weighted by Crippen LogP contribution is -2.39. The van der Waals surface area contributed by atoms with Crippen molar-refractivity contribution in [2.24, 2.45) is 5.92 Å². The van der Waals surface area contributed by atoms with Crippen molar-refractivity contribution in [1.29, 1.82) is 0 Å². The Kier molecular flexibility index (Phi) is 3.92. The van der Waals surface area contributed by atoms with E-state index in [2.05, 4.69) is 29.6 Å². The summed E-state index contributed by atoms with van der Waals surface area (Å²) in [4.78, 5) is 1.45. The highest BCUT2D eigenvalue weighted by Gasteiger charge is 2.33. The maximum absolute atomic E-state index is 5.37. The average molecular weight is 263 g/mol. The molecule has 18 heavy (non-hydrogen) atoms. The lowest BCUT2D eigenvalue weighted by molar-refractivity contribution is 0.150. The molecular weight excluding hydrogens is 242 g/mol. The Bertz CT molecular complexity index is 405. The molecule has 1 heterocycles. The van der Waals surface area contributed by atoms with E-state index in [1.54, 1.807) is 0 Å². The van der Waals surface area contributed by atoms with Gasteiger partial charge in [0, 0.05) is 24.1 Å². The zero-order valence-electron chi connectivity index (χ0n) is 10.9. The highest BCUT2D eigenvalue weighted by Crippen LogP contribution is 2.39. The van der Waals surface area contributed by atoms with Gasteiger partial charge >= 0.3 is 0 Å². The fraction of sp³-hybridized carbons (Fsp3) is 0.600. The van der Waals surface area contributed by atoms with Crippen molar-refractivity contribution in [3.8, 4) is 0 Å². The number of benzene rings is 1. The first kappa shape index (κ1) is 12.5. The number of thioether (sulfide) groups is 1. The van der Waals surface area contributed by atoms with Crippen molar-refractivity contribution in [2.75, 3.05) is 19.5 Å². The normalized spacial score (nSPS) is 24.6. The van der Waals surface area contributed by atoms with Gasteiger partial charge in [-0.2, -0.15) is 0 Å². The molecule has 98 valence electrons. The molecule has 2 atom stereocenters. The number of hydrogen-bond donors (Lipinski definition) is 1. The van der Waals surface area contributed by atoms with E-state index in [1.165, 1.54) is 35.5 Å². The van der Waals surface area contributed by atoms with E-state index in [0.717, 1.165) is 12.5 Å². The average Bonchev–Trinajstić information content (AvgIpc) is 3.23. The molecule has 0 aromatic heterocycles. The van der Waals surface area contributed by atoms with Crippen LogP contribution in [0.2, 0.25) is 0 Å². The van der Waals surface area contributed by atoms with Gasteiger partial charge in [-0.25, -0.2) is 0 Å². The van der Waals surface area contributed by atoms with Crippen molar-refractivity contribution < 1.29 is 4.74 Å². The maximum atomic E-state index is 5.37. The molecule has 1 aliphatic heterocycles. The number of hydrogen-bond acceptors (Lipinski definition) is 3. The molecule has 1 N–H and O–H groups in total. The first-order valence-corrected chi connectivity index (χ1v) is 7.84. The molecule has 0 spiro atoms. The molecule has 0 amide bonds. The van der Waals surface area contributed by atoms with E-state index in [4.69, 9.17) is 4.74 Å². The van der Waals surface area contributed by atoms with Gasteiger partial charge in [0.1, 0.15) is 0 Å². The summed E-state index contributed by atoms with van der Waals surface area (Å²) in [5.74, 6) is 2.06. The van der Waals surface area contributed by atoms with Crippen molar-refractivity contribution in [3.63, 3.8) is 0 Å². The Balaban J connectivity index is 1.72. The van der Waals surface area contributed by atoms with Crippen LogP contribution in [0.5, 0.6) is 0 Å². The number of ether oxygens (including phenoxy) is 1. The highest BCUT2D eigenvalue weighted by atomic mass is 32.2. The zero-order valence-corrected chi connectivity index (χ0v) is 11.7. The number of methoxy groups -OCH3 is 1. The highest BCUT2D eigenvalue weighted by molar-refractivity contribution is 7.99. The predicted octanol–water partition coefficient (Wildman–Crippen LogP) is 3.24. The molecule has 1 saturated carbocycles. The lowest BCUT2D eigenvalue weighted by atomic mass is 10.0. The van der Waals surface area contributed by atoms with Crippen LogP contribution < -0.4 is 5.32 Å². The molecule has 3 rings (SSSR count). The van der Waals surface area contributed by atoms with Crippen LogP contribution in [0, 0.1) is 5.92 Å². The number of fused-ring (bicyclic) bond motifs is 1. The van der Waals surface area contributed by atoms with Crippen LogP contribution in [-0.2, 0) is 4.74 Å². The summed E-state index contributed by atoms with van der Waals surface area (Å²) >= 11 is 1.99. The molecule has 2 unspecified atom stereocenters. The van der Waals surface area contributed by atoms with Gasteiger partial charge in [-0.05, 0) is 42.6 Å². The van der Waals surface area contributed by atoms with Crippen LogP contribution in [0.4, 0.5) is 0 Å². The minimum Gasteiger partial charge on any atom is -0.383 e. The molecule has 0 radical (unpaired) electrons. The quantitative estimate of drug-likeness (QED) is 0.881. The summed E-state index contributed by atoms with van der Waals surface area (Å²) < 4.78 is 5.37. The van der Waals surface area contributed by atoms with E-state index in [-0.39, 0.29) is 0 Å². The molecule has 1 aromatic carbocycles. The minimum absolute atomic E-state index is 0.517. The standard InChI is InChI=1S/C15H21NOS/c1-17-10-14(11-6-7-11)16-13-8-9-18-15-5-3-2-4-12(13)15/h2-5,11,13-14,16H,6-10H2,1H3. The third-order valence-corrected chi connectivity index (χ3v) is 5.03.